The maximum absolute atomic E-state index is 14.0. The van der Waals surface area contributed by atoms with E-state index in [0.29, 0.717) is 23.6 Å². The van der Waals surface area contributed by atoms with Crippen LogP contribution in [0.3, 0.4) is 0 Å². The lowest BCUT2D eigenvalue weighted by molar-refractivity contribution is -0.0884. The van der Waals surface area contributed by atoms with E-state index in [4.69, 9.17) is 22.1 Å². The molecule has 1 aliphatic rings. The van der Waals surface area contributed by atoms with Gasteiger partial charge in [0.2, 0.25) is 0 Å². The number of hydrogen-bond donors (Lipinski definition) is 1. The Kier molecular flexibility index (Phi) is 5.64. The fourth-order valence-electron chi connectivity index (χ4n) is 3.27. The highest BCUT2D eigenvalue weighted by atomic mass is 35.5. The number of nitrogens with two attached hydrogens (primary N) is 1. The Morgan fingerprint density at radius 2 is 2.10 bits per heavy atom. The molecule has 2 rings (SSSR count). The Bertz CT molecular complexity index is 472. The van der Waals surface area contributed by atoms with Gasteiger partial charge in [0.15, 0.2) is 0 Å². The topological polar surface area (TPSA) is 35.2 Å². The van der Waals surface area contributed by atoms with E-state index in [1.165, 1.54) is 6.07 Å². The van der Waals surface area contributed by atoms with Crippen molar-refractivity contribution < 1.29 is 9.13 Å². The zero-order valence-electron chi connectivity index (χ0n) is 12.9. The van der Waals surface area contributed by atoms with Gasteiger partial charge in [0.05, 0.1) is 5.60 Å². The van der Waals surface area contributed by atoms with Crippen LogP contribution >= 0.6 is 11.6 Å². The standard InChI is InChI=1S/C17H25ClFNO/c1-3-21-17(8-6-12(2)7-9-17)16(20)10-13-4-5-14(18)11-15(13)19/h4-5,11-12,16H,3,6-10,20H2,1-2H3. The van der Waals surface area contributed by atoms with Crippen molar-refractivity contribution in [2.45, 2.75) is 57.6 Å². The Balaban J connectivity index is 2.13. The minimum absolute atomic E-state index is 0.194. The number of hydrogen-bond acceptors (Lipinski definition) is 2. The maximum Gasteiger partial charge on any atom is 0.127 e. The van der Waals surface area contributed by atoms with Crippen molar-refractivity contribution in [2.24, 2.45) is 11.7 Å². The Labute approximate surface area is 131 Å². The second-order valence-corrected chi connectivity index (χ2v) is 6.66. The largest absolute Gasteiger partial charge is 0.374 e. The van der Waals surface area contributed by atoms with E-state index in [1.807, 2.05) is 6.92 Å². The van der Waals surface area contributed by atoms with Crippen LogP contribution < -0.4 is 5.73 Å². The summed E-state index contributed by atoms with van der Waals surface area (Å²) in [6.45, 7) is 4.90. The summed E-state index contributed by atoms with van der Waals surface area (Å²) < 4.78 is 20.0. The van der Waals surface area contributed by atoms with Crippen LogP contribution in [0.4, 0.5) is 4.39 Å². The minimum atomic E-state index is -0.312. The minimum Gasteiger partial charge on any atom is -0.374 e. The molecule has 1 fully saturated rings. The van der Waals surface area contributed by atoms with Gasteiger partial charge in [-0.2, -0.15) is 0 Å². The molecule has 0 heterocycles. The number of benzene rings is 1. The first kappa shape index (κ1) is 16.7. The zero-order chi connectivity index (χ0) is 15.5. The van der Waals surface area contributed by atoms with Crippen LogP contribution in [0.1, 0.15) is 45.1 Å². The lowest BCUT2D eigenvalue weighted by Crippen LogP contribution is -2.53. The van der Waals surface area contributed by atoms with Gasteiger partial charge in [0.25, 0.3) is 0 Å². The predicted molar refractivity (Wildman–Crippen MR) is 85.1 cm³/mol. The summed E-state index contributed by atoms with van der Waals surface area (Å²) in [6.07, 6.45) is 4.64. The number of ether oxygens (including phenoxy) is 1. The molecule has 0 bridgehead atoms. The normalized spacial score (nSPS) is 27.6. The fourth-order valence-corrected chi connectivity index (χ4v) is 3.43. The third kappa shape index (κ3) is 3.97. The van der Waals surface area contributed by atoms with E-state index in [9.17, 15) is 4.39 Å². The highest BCUT2D eigenvalue weighted by molar-refractivity contribution is 6.30. The van der Waals surface area contributed by atoms with Crippen LogP contribution in [-0.2, 0) is 11.2 Å². The molecule has 4 heteroatoms. The molecule has 2 nitrogen and oxygen atoms in total. The summed E-state index contributed by atoms with van der Waals surface area (Å²) in [7, 11) is 0. The predicted octanol–water partition coefficient (Wildman–Crippen LogP) is 4.33. The first-order valence-corrected chi connectivity index (χ1v) is 8.18. The summed E-state index contributed by atoms with van der Waals surface area (Å²) in [4.78, 5) is 0. The van der Waals surface area contributed by atoms with Gasteiger partial charge < -0.3 is 10.5 Å². The van der Waals surface area contributed by atoms with Crippen molar-refractivity contribution in [1.82, 2.24) is 0 Å². The maximum atomic E-state index is 14.0. The van der Waals surface area contributed by atoms with E-state index < -0.39 is 0 Å². The Hall–Kier alpha value is -0.640. The van der Waals surface area contributed by atoms with Gasteiger partial charge in [-0.1, -0.05) is 24.6 Å². The molecule has 0 radical (unpaired) electrons. The fraction of sp³-hybridized carbons (Fsp3) is 0.647. The molecule has 1 saturated carbocycles. The van der Waals surface area contributed by atoms with Gasteiger partial charge in [0.1, 0.15) is 5.82 Å². The van der Waals surface area contributed by atoms with Crippen molar-refractivity contribution in [3.63, 3.8) is 0 Å². The monoisotopic (exact) mass is 313 g/mol. The molecule has 0 aliphatic heterocycles. The molecule has 118 valence electrons. The van der Waals surface area contributed by atoms with Gasteiger partial charge in [0, 0.05) is 17.7 Å². The highest BCUT2D eigenvalue weighted by Gasteiger charge is 2.40. The van der Waals surface area contributed by atoms with Gasteiger partial charge in [-0.05, 0) is 62.6 Å². The molecular formula is C17H25ClFNO. The van der Waals surface area contributed by atoms with Gasteiger partial charge in [-0.25, -0.2) is 4.39 Å². The molecule has 1 aromatic carbocycles. The van der Waals surface area contributed by atoms with Crippen LogP contribution in [0.15, 0.2) is 18.2 Å². The molecule has 0 spiro atoms. The van der Waals surface area contributed by atoms with Crippen LogP contribution in [0, 0.1) is 11.7 Å². The highest BCUT2D eigenvalue weighted by Crippen LogP contribution is 2.37. The molecule has 0 saturated heterocycles. The summed E-state index contributed by atoms with van der Waals surface area (Å²) >= 11 is 5.80. The van der Waals surface area contributed by atoms with Gasteiger partial charge >= 0.3 is 0 Å². The molecule has 1 atom stereocenters. The van der Waals surface area contributed by atoms with Gasteiger partial charge in [-0.15, -0.1) is 0 Å². The lowest BCUT2D eigenvalue weighted by Gasteiger charge is -2.43. The molecule has 2 N–H and O–H groups in total. The number of rotatable bonds is 5. The molecule has 1 aliphatic carbocycles. The van der Waals surface area contributed by atoms with Crippen molar-refractivity contribution in [1.29, 1.82) is 0 Å². The molecule has 1 aromatic rings. The van der Waals surface area contributed by atoms with Crippen molar-refractivity contribution in [3.8, 4) is 0 Å². The SMILES string of the molecule is CCOC1(C(N)Cc2ccc(Cl)cc2F)CCC(C)CC1. The van der Waals surface area contributed by atoms with Crippen molar-refractivity contribution in [2.75, 3.05) is 6.61 Å². The smallest absolute Gasteiger partial charge is 0.127 e. The molecule has 21 heavy (non-hydrogen) atoms. The Morgan fingerprint density at radius 3 is 2.67 bits per heavy atom. The average Bonchev–Trinajstić information content (AvgIpc) is 2.45. The van der Waals surface area contributed by atoms with Crippen LogP contribution in [0.2, 0.25) is 5.02 Å². The molecule has 0 aromatic heterocycles. The van der Waals surface area contributed by atoms with Crippen LogP contribution in [0.25, 0.3) is 0 Å². The second-order valence-electron chi connectivity index (χ2n) is 6.23. The molecule has 1 unspecified atom stereocenters. The van der Waals surface area contributed by atoms with Crippen molar-refractivity contribution >= 4 is 11.6 Å². The summed E-state index contributed by atoms with van der Waals surface area (Å²) in [5.74, 6) is 0.437. The third-order valence-corrected chi connectivity index (χ3v) is 4.92. The first-order chi connectivity index (χ1) is 9.97. The summed E-state index contributed by atoms with van der Waals surface area (Å²) in [5, 5.41) is 0.413. The Morgan fingerprint density at radius 1 is 1.43 bits per heavy atom. The molecule has 0 amide bonds. The lowest BCUT2D eigenvalue weighted by atomic mass is 9.74. The van der Waals surface area contributed by atoms with Crippen LogP contribution in [0.5, 0.6) is 0 Å². The summed E-state index contributed by atoms with van der Waals surface area (Å²) in [6, 6.07) is 4.59. The van der Waals surface area contributed by atoms with E-state index in [-0.39, 0.29) is 17.5 Å². The van der Waals surface area contributed by atoms with Crippen LogP contribution in [-0.4, -0.2) is 18.2 Å². The van der Waals surface area contributed by atoms with E-state index in [1.54, 1.807) is 12.1 Å². The van der Waals surface area contributed by atoms with E-state index in [0.717, 1.165) is 31.6 Å². The van der Waals surface area contributed by atoms with Crippen molar-refractivity contribution in [3.05, 3.63) is 34.6 Å². The van der Waals surface area contributed by atoms with E-state index in [2.05, 4.69) is 6.92 Å². The van der Waals surface area contributed by atoms with E-state index >= 15 is 0 Å². The average molecular weight is 314 g/mol. The molecular weight excluding hydrogens is 289 g/mol. The number of halogens is 2. The quantitative estimate of drug-likeness (QED) is 0.878. The van der Waals surface area contributed by atoms with Gasteiger partial charge in [-0.3, -0.25) is 0 Å². The second kappa shape index (κ2) is 7.08. The third-order valence-electron chi connectivity index (χ3n) is 4.68. The first-order valence-electron chi connectivity index (χ1n) is 7.80. The zero-order valence-corrected chi connectivity index (χ0v) is 13.6. The summed E-state index contributed by atoms with van der Waals surface area (Å²) in [5.41, 5.74) is 6.73.